The van der Waals surface area contributed by atoms with Gasteiger partial charge in [0.1, 0.15) is 12.4 Å². The van der Waals surface area contributed by atoms with Crippen LogP contribution in [0.3, 0.4) is 0 Å². The fourth-order valence-corrected chi connectivity index (χ4v) is 1.50. The molecule has 0 aliphatic heterocycles. The maximum absolute atomic E-state index is 13.6. The quantitative estimate of drug-likeness (QED) is 0.842. The second kappa shape index (κ2) is 4.64. The lowest BCUT2D eigenvalue weighted by Gasteiger charge is -2.09. The highest BCUT2D eigenvalue weighted by atomic mass is 19.1. The average molecular weight is 250 g/mol. The average Bonchev–Trinajstić information content (AvgIpc) is 2.63. The highest BCUT2D eigenvalue weighted by molar-refractivity contribution is 5.50. The van der Waals surface area contributed by atoms with Crippen molar-refractivity contribution in [3.63, 3.8) is 0 Å². The summed E-state index contributed by atoms with van der Waals surface area (Å²) in [6.45, 7) is 3.80. The Morgan fingerprint density at radius 3 is 2.67 bits per heavy atom. The van der Waals surface area contributed by atoms with Crippen molar-refractivity contribution in [3.05, 3.63) is 35.2 Å². The zero-order valence-electron chi connectivity index (χ0n) is 10.6. The molecule has 0 unspecified atom stereocenters. The number of nitrogens with two attached hydrogens (primary N) is 1. The largest absolute Gasteiger partial charge is 0.483 e. The molecule has 0 saturated heterocycles. The highest BCUT2D eigenvalue weighted by Crippen LogP contribution is 2.24. The number of hydrogen-bond donors (Lipinski definition) is 1. The van der Waals surface area contributed by atoms with Gasteiger partial charge in [-0.2, -0.15) is 0 Å². The number of rotatable bonds is 3. The van der Waals surface area contributed by atoms with Crippen LogP contribution in [-0.4, -0.2) is 14.8 Å². The normalized spacial score (nSPS) is 10.7. The van der Waals surface area contributed by atoms with E-state index >= 15 is 0 Å². The molecule has 0 aliphatic carbocycles. The number of halogens is 1. The molecule has 0 bridgehead atoms. The molecule has 0 radical (unpaired) electrons. The molecule has 1 heterocycles. The maximum atomic E-state index is 13.6. The molecule has 0 atom stereocenters. The van der Waals surface area contributed by atoms with Gasteiger partial charge in [-0.3, -0.25) is 0 Å². The first-order chi connectivity index (χ1) is 8.49. The van der Waals surface area contributed by atoms with Crippen LogP contribution < -0.4 is 10.5 Å². The molecular formula is C12H15FN4O. The fourth-order valence-electron chi connectivity index (χ4n) is 1.50. The van der Waals surface area contributed by atoms with E-state index in [4.69, 9.17) is 10.5 Å². The summed E-state index contributed by atoms with van der Waals surface area (Å²) in [6, 6.07) is 2.83. The maximum Gasteiger partial charge on any atom is 0.170 e. The summed E-state index contributed by atoms with van der Waals surface area (Å²) in [5, 5.41) is 7.84. The SMILES string of the molecule is Cc1cc(OCc2nnc(C)n2C)c(F)cc1N. The lowest BCUT2D eigenvalue weighted by atomic mass is 10.2. The second-order valence-electron chi connectivity index (χ2n) is 4.15. The van der Waals surface area contributed by atoms with Gasteiger partial charge in [0.05, 0.1) is 0 Å². The van der Waals surface area contributed by atoms with Crippen molar-refractivity contribution in [3.8, 4) is 5.75 Å². The Kier molecular flexibility index (Phi) is 3.18. The monoisotopic (exact) mass is 250 g/mol. The van der Waals surface area contributed by atoms with Crippen molar-refractivity contribution < 1.29 is 9.13 Å². The predicted molar refractivity (Wildman–Crippen MR) is 65.6 cm³/mol. The number of hydrogen-bond acceptors (Lipinski definition) is 4. The van der Waals surface area contributed by atoms with Gasteiger partial charge in [0.25, 0.3) is 0 Å². The van der Waals surface area contributed by atoms with Crippen LogP contribution in [0.15, 0.2) is 12.1 Å². The molecule has 0 amide bonds. The van der Waals surface area contributed by atoms with Crippen molar-refractivity contribution >= 4 is 5.69 Å². The van der Waals surface area contributed by atoms with Gasteiger partial charge >= 0.3 is 0 Å². The predicted octanol–water partition coefficient (Wildman–Crippen LogP) is 1.73. The van der Waals surface area contributed by atoms with E-state index in [-0.39, 0.29) is 12.4 Å². The minimum absolute atomic E-state index is 0.164. The number of anilines is 1. The van der Waals surface area contributed by atoms with E-state index in [9.17, 15) is 4.39 Å². The van der Waals surface area contributed by atoms with Crippen LogP contribution in [0.1, 0.15) is 17.2 Å². The second-order valence-corrected chi connectivity index (χ2v) is 4.15. The molecule has 0 aliphatic rings. The van der Waals surface area contributed by atoms with Gasteiger partial charge < -0.3 is 15.0 Å². The molecule has 2 N–H and O–H groups in total. The van der Waals surface area contributed by atoms with Crippen LogP contribution in [-0.2, 0) is 13.7 Å². The van der Waals surface area contributed by atoms with Crippen LogP contribution in [0, 0.1) is 19.7 Å². The van der Waals surface area contributed by atoms with E-state index in [2.05, 4.69) is 10.2 Å². The Labute approximate surface area is 104 Å². The number of benzene rings is 1. The number of ether oxygens (including phenoxy) is 1. The minimum atomic E-state index is -0.475. The van der Waals surface area contributed by atoms with Crippen molar-refractivity contribution in [2.24, 2.45) is 7.05 Å². The third-order valence-electron chi connectivity index (χ3n) is 2.86. The standard InChI is InChI=1S/C12H15FN4O/c1-7-4-11(9(13)5-10(7)14)18-6-12-16-15-8(2)17(12)3/h4-5H,6,14H2,1-3H3. The summed E-state index contributed by atoms with van der Waals surface area (Å²) in [4.78, 5) is 0. The third-order valence-corrected chi connectivity index (χ3v) is 2.86. The first-order valence-electron chi connectivity index (χ1n) is 5.52. The number of nitrogens with zero attached hydrogens (tertiary/aromatic N) is 3. The molecule has 0 spiro atoms. The fraction of sp³-hybridized carbons (Fsp3) is 0.333. The van der Waals surface area contributed by atoms with Crippen molar-refractivity contribution in [2.45, 2.75) is 20.5 Å². The van der Waals surface area contributed by atoms with E-state index in [0.717, 1.165) is 11.4 Å². The van der Waals surface area contributed by atoms with E-state index in [1.165, 1.54) is 6.07 Å². The summed E-state index contributed by atoms with van der Waals surface area (Å²) in [7, 11) is 1.83. The Hall–Kier alpha value is -2.11. The minimum Gasteiger partial charge on any atom is -0.483 e. The Morgan fingerprint density at radius 2 is 2.06 bits per heavy atom. The van der Waals surface area contributed by atoms with Gasteiger partial charge in [-0.25, -0.2) is 4.39 Å². The van der Waals surface area contributed by atoms with E-state index in [0.29, 0.717) is 11.5 Å². The van der Waals surface area contributed by atoms with Crippen LogP contribution in [0.4, 0.5) is 10.1 Å². The molecule has 96 valence electrons. The number of nitrogen functional groups attached to an aromatic ring is 1. The van der Waals surface area contributed by atoms with Crippen molar-refractivity contribution in [1.29, 1.82) is 0 Å². The lowest BCUT2D eigenvalue weighted by Crippen LogP contribution is -2.06. The van der Waals surface area contributed by atoms with E-state index < -0.39 is 5.82 Å². The summed E-state index contributed by atoms with van der Waals surface area (Å²) in [5.41, 5.74) is 6.79. The van der Waals surface area contributed by atoms with Gasteiger partial charge in [-0.05, 0) is 25.5 Å². The first kappa shape index (κ1) is 12.3. The van der Waals surface area contributed by atoms with Gasteiger partial charge in [-0.1, -0.05) is 0 Å². The Balaban J connectivity index is 2.16. The van der Waals surface area contributed by atoms with Crippen LogP contribution >= 0.6 is 0 Å². The van der Waals surface area contributed by atoms with Gasteiger partial charge in [0.15, 0.2) is 17.4 Å². The molecule has 18 heavy (non-hydrogen) atoms. The molecule has 0 saturated carbocycles. The smallest absolute Gasteiger partial charge is 0.170 e. The molecular weight excluding hydrogens is 235 g/mol. The molecule has 1 aromatic carbocycles. The topological polar surface area (TPSA) is 66.0 Å². The molecule has 0 fully saturated rings. The Bertz CT molecular complexity index is 580. The summed E-state index contributed by atoms with van der Waals surface area (Å²) in [6.07, 6.45) is 0. The molecule has 6 heteroatoms. The molecule has 2 rings (SSSR count). The summed E-state index contributed by atoms with van der Waals surface area (Å²) >= 11 is 0. The molecule has 1 aromatic heterocycles. The summed E-state index contributed by atoms with van der Waals surface area (Å²) in [5.74, 6) is 1.11. The summed E-state index contributed by atoms with van der Waals surface area (Å²) < 4.78 is 20.8. The van der Waals surface area contributed by atoms with Gasteiger partial charge in [-0.15, -0.1) is 10.2 Å². The van der Waals surface area contributed by atoms with Crippen molar-refractivity contribution in [2.75, 3.05) is 5.73 Å². The van der Waals surface area contributed by atoms with Crippen molar-refractivity contribution in [1.82, 2.24) is 14.8 Å². The Morgan fingerprint density at radius 1 is 1.33 bits per heavy atom. The van der Waals surface area contributed by atoms with Gasteiger partial charge in [0.2, 0.25) is 0 Å². The third kappa shape index (κ3) is 2.27. The van der Waals surface area contributed by atoms with E-state index in [1.54, 1.807) is 17.6 Å². The van der Waals surface area contributed by atoms with Crippen LogP contribution in [0.5, 0.6) is 5.75 Å². The number of aryl methyl sites for hydroxylation is 2. The van der Waals surface area contributed by atoms with Crippen LogP contribution in [0.25, 0.3) is 0 Å². The lowest BCUT2D eigenvalue weighted by molar-refractivity contribution is 0.276. The first-order valence-corrected chi connectivity index (χ1v) is 5.52. The molecule has 2 aromatic rings. The number of aromatic nitrogens is 3. The van der Waals surface area contributed by atoms with Crippen LogP contribution in [0.2, 0.25) is 0 Å². The van der Waals surface area contributed by atoms with Gasteiger partial charge in [0, 0.05) is 18.8 Å². The highest BCUT2D eigenvalue weighted by Gasteiger charge is 2.10. The molecule has 5 nitrogen and oxygen atoms in total. The zero-order chi connectivity index (χ0) is 13.3. The van der Waals surface area contributed by atoms with E-state index in [1.807, 2.05) is 14.0 Å². The zero-order valence-corrected chi connectivity index (χ0v) is 10.6.